The quantitative estimate of drug-likeness (QED) is 0.776. The lowest BCUT2D eigenvalue weighted by molar-refractivity contribution is -0.117. The maximum atomic E-state index is 13.0. The molecule has 1 aliphatic rings. The molecule has 0 atom stereocenters. The van der Waals surface area contributed by atoms with E-state index in [1.165, 1.54) is 16.4 Å². The average Bonchev–Trinajstić information content (AvgIpc) is 2.70. The van der Waals surface area contributed by atoms with Crippen molar-refractivity contribution in [1.29, 1.82) is 5.26 Å². The highest BCUT2D eigenvalue weighted by atomic mass is 32.2. The lowest BCUT2D eigenvalue weighted by atomic mass is 10.1. The number of anilines is 1. The van der Waals surface area contributed by atoms with Crippen molar-refractivity contribution in [3.05, 3.63) is 59.9 Å². The Hall–Kier alpha value is -2.80. The van der Waals surface area contributed by atoms with Crippen LogP contribution < -0.4 is 5.32 Å². The van der Waals surface area contributed by atoms with E-state index < -0.39 is 15.8 Å². The van der Waals surface area contributed by atoms with Gasteiger partial charge in [0.15, 0.2) is 0 Å². The first-order valence-electron chi connectivity index (χ1n) is 9.12. The molecule has 1 fully saturated rings. The summed E-state index contributed by atoms with van der Waals surface area (Å²) in [5.41, 5.74) is 1.53. The van der Waals surface area contributed by atoms with Crippen molar-refractivity contribution in [3.8, 4) is 6.07 Å². The summed E-state index contributed by atoms with van der Waals surface area (Å²) >= 11 is 0. The van der Waals surface area contributed by atoms with Crippen LogP contribution in [0.4, 0.5) is 10.1 Å². The second-order valence-electron chi connectivity index (χ2n) is 6.71. The number of benzene rings is 2. The molecule has 3 rings (SSSR count). The molecule has 2 aromatic rings. The minimum atomic E-state index is -3.67. The van der Waals surface area contributed by atoms with Gasteiger partial charge in [-0.15, -0.1) is 0 Å². The van der Waals surface area contributed by atoms with Gasteiger partial charge in [-0.2, -0.15) is 9.57 Å². The van der Waals surface area contributed by atoms with Crippen LogP contribution in [-0.2, 0) is 21.2 Å². The number of carbonyl (C=O) groups excluding carboxylic acids is 1. The lowest BCUT2D eigenvalue weighted by Gasteiger charge is -2.33. The molecule has 1 aliphatic heterocycles. The number of piperazine rings is 1. The fourth-order valence-corrected chi connectivity index (χ4v) is 4.51. The standard InChI is InChI=1S/C20H21FN4O3S/c21-17-3-7-19(8-4-17)29(27,28)25-13-11-24(12-14-25)15-20(26)23-18-5-1-16(2-6-18)9-10-22/h1-8H,9,11-15H2,(H,23,26). The summed E-state index contributed by atoms with van der Waals surface area (Å²) in [6.45, 7) is 1.53. The molecule has 1 heterocycles. The Morgan fingerprint density at radius 3 is 2.24 bits per heavy atom. The van der Waals surface area contributed by atoms with Gasteiger partial charge in [0.2, 0.25) is 15.9 Å². The van der Waals surface area contributed by atoms with Crippen molar-refractivity contribution in [2.45, 2.75) is 11.3 Å². The summed E-state index contributed by atoms with van der Waals surface area (Å²) in [5, 5.41) is 11.5. The van der Waals surface area contributed by atoms with Gasteiger partial charge in [-0.25, -0.2) is 12.8 Å². The van der Waals surface area contributed by atoms with Crippen LogP contribution in [0.3, 0.4) is 0 Å². The Morgan fingerprint density at radius 1 is 1.03 bits per heavy atom. The van der Waals surface area contributed by atoms with Crippen LogP contribution in [0.1, 0.15) is 5.56 Å². The molecular formula is C20H21FN4O3S. The highest BCUT2D eigenvalue weighted by molar-refractivity contribution is 7.89. The Kier molecular flexibility index (Phi) is 6.59. The third-order valence-electron chi connectivity index (χ3n) is 4.67. The molecule has 1 saturated heterocycles. The first-order valence-corrected chi connectivity index (χ1v) is 10.6. The zero-order chi connectivity index (χ0) is 20.9. The number of nitrogens with one attached hydrogen (secondary N) is 1. The van der Waals surface area contributed by atoms with Gasteiger partial charge in [0, 0.05) is 31.9 Å². The number of nitriles is 1. The molecule has 0 unspecified atom stereocenters. The summed E-state index contributed by atoms with van der Waals surface area (Å²) in [5.74, 6) is -0.674. The van der Waals surface area contributed by atoms with Crippen LogP contribution in [-0.4, -0.2) is 56.3 Å². The van der Waals surface area contributed by atoms with E-state index in [0.29, 0.717) is 25.2 Å². The number of amides is 1. The van der Waals surface area contributed by atoms with Crippen LogP contribution in [0.5, 0.6) is 0 Å². The number of hydrogen-bond acceptors (Lipinski definition) is 5. The van der Waals surface area contributed by atoms with Gasteiger partial charge in [0.1, 0.15) is 5.82 Å². The molecule has 29 heavy (non-hydrogen) atoms. The maximum absolute atomic E-state index is 13.0. The van der Waals surface area contributed by atoms with E-state index in [1.807, 2.05) is 4.90 Å². The second-order valence-corrected chi connectivity index (χ2v) is 8.65. The third-order valence-corrected chi connectivity index (χ3v) is 6.58. The average molecular weight is 416 g/mol. The van der Waals surface area contributed by atoms with Gasteiger partial charge >= 0.3 is 0 Å². The molecule has 0 saturated carbocycles. The molecule has 0 spiro atoms. The fraction of sp³-hybridized carbons (Fsp3) is 0.300. The third kappa shape index (κ3) is 5.38. The summed E-state index contributed by atoms with van der Waals surface area (Å²) in [6, 6.07) is 13.9. The van der Waals surface area contributed by atoms with Gasteiger partial charge in [0.05, 0.1) is 23.9 Å². The summed E-state index contributed by atoms with van der Waals surface area (Å²) < 4.78 is 39.6. The van der Waals surface area contributed by atoms with Gasteiger partial charge in [0.25, 0.3) is 0 Å². The molecule has 1 N–H and O–H groups in total. The molecule has 0 bridgehead atoms. The number of halogens is 1. The molecule has 2 aromatic carbocycles. The van der Waals surface area contributed by atoms with Gasteiger partial charge in [-0.3, -0.25) is 9.69 Å². The highest BCUT2D eigenvalue weighted by Gasteiger charge is 2.29. The first kappa shape index (κ1) is 20.9. The Labute approximate surface area is 169 Å². The zero-order valence-corrected chi connectivity index (χ0v) is 16.5. The van der Waals surface area contributed by atoms with Gasteiger partial charge in [-0.05, 0) is 42.0 Å². The topological polar surface area (TPSA) is 93.5 Å². The van der Waals surface area contributed by atoms with Crippen LogP contribution in [0.15, 0.2) is 53.4 Å². The molecule has 152 valence electrons. The highest BCUT2D eigenvalue weighted by Crippen LogP contribution is 2.18. The van der Waals surface area contributed by atoms with Crippen molar-refractivity contribution in [2.24, 2.45) is 0 Å². The predicted molar refractivity (Wildman–Crippen MR) is 106 cm³/mol. The number of sulfonamides is 1. The molecule has 0 radical (unpaired) electrons. The molecular weight excluding hydrogens is 395 g/mol. The fourth-order valence-electron chi connectivity index (χ4n) is 3.08. The van der Waals surface area contributed by atoms with E-state index >= 15 is 0 Å². The van der Waals surface area contributed by atoms with Crippen LogP contribution in [0.2, 0.25) is 0 Å². The van der Waals surface area contributed by atoms with E-state index in [2.05, 4.69) is 11.4 Å². The van der Waals surface area contributed by atoms with Crippen molar-refractivity contribution < 1.29 is 17.6 Å². The monoisotopic (exact) mass is 416 g/mol. The van der Waals surface area contributed by atoms with E-state index in [4.69, 9.17) is 5.26 Å². The summed E-state index contributed by atoms with van der Waals surface area (Å²) in [6.07, 6.45) is 0.319. The number of rotatable bonds is 6. The minimum absolute atomic E-state index is 0.0601. The molecule has 0 aliphatic carbocycles. The number of hydrogen-bond donors (Lipinski definition) is 1. The van der Waals surface area contributed by atoms with Gasteiger partial charge in [-0.1, -0.05) is 12.1 Å². The second kappa shape index (κ2) is 9.13. The summed E-state index contributed by atoms with van der Waals surface area (Å²) in [4.78, 5) is 14.2. The molecule has 1 amide bonds. The van der Waals surface area contributed by atoms with E-state index in [9.17, 15) is 17.6 Å². The SMILES string of the molecule is N#CCc1ccc(NC(=O)CN2CCN(S(=O)(=O)c3ccc(F)cc3)CC2)cc1. The first-order chi connectivity index (χ1) is 13.9. The van der Waals surface area contributed by atoms with Crippen molar-refractivity contribution in [2.75, 3.05) is 38.0 Å². The summed E-state index contributed by atoms with van der Waals surface area (Å²) in [7, 11) is -3.67. The normalized spacial score (nSPS) is 15.6. The lowest BCUT2D eigenvalue weighted by Crippen LogP contribution is -2.50. The minimum Gasteiger partial charge on any atom is -0.325 e. The molecule has 9 heteroatoms. The van der Waals surface area contributed by atoms with Crippen LogP contribution in [0.25, 0.3) is 0 Å². The van der Waals surface area contributed by atoms with Crippen molar-refractivity contribution in [1.82, 2.24) is 9.21 Å². The Balaban J connectivity index is 1.51. The van der Waals surface area contributed by atoms with E-state index in [0.717, 1.165) is 17.7 Å². The van der Waals surface area contributed by atoms with Crippen LogP contribution in [0, 0.1) is 17.1 Å². The van der Waals surface area contributed by atoms with E-state index in [-0.39, 0.29) is 30.4 Å². The van der Waals surface area contributed by atoms with E-state index in [1.54, 1.807) is 24.3 Å². The van der Waals surface area contributed by atoms with Crippen molar-refractivity contribution >= 4 is 21.6 Å². The smallest absolute Gasteiger partial charge is 0.243 e. The Bertz CT molecular complexity index is 994. The molecule has 7 nitrogen and oxygen atoms in total. The van der Waals surface area contributed by atoms with Gasteiger partial charge < -0.3 is 5.32 Å². The van der Waals surface area contributed by atoms with Crippen molar-refractivity contribution in [3.63, 3.8) is 0 Å². The number of carbonyl (C=O) groups is 1. The number of nitrogens with zero attached hydrogens (tertiary/aromatic N) is 3. The Morgan fingerprint density at radius 2 is 1.66 bits per heavy atom. The largest absolute Gasteiger partial charge is 0.325 e. The zero-order valence-electron chi connectivity index (χ0n) is 15.7. The maximum Gasteiger partial charge on any atom is 0.243 e. The molecule has 0 aromatic heterocycles. The predicted octanol–water partition coefficient (Wildman–Crippen LogP) is 1.84. The van der Waals surface area contributed by atoms with Crippen LogP contribution >= 0.6 is 0 Å².